The van der Waals surface area contributed by atoms with Gasteiger partial charge in [-0.25, -0.2) is 10.9 Å². The molecule has 0 amide bonds. The monoisotopic (exact) mass is 251 g/mol. The van der Waals surface area contributed by atoms with Crippen molar-refractivity contribution in [1.29, 1.82) is 0 Å². The normalized spacial score (nSPS) is 29.5. The van der Waals surface area contributed by atoms with Gasteiger partial charge in [0, 0.05) is 5.92 Å². The molecule has 7 heteroatoms. The van der Waals surface area contributed by atoms with Gasteiger partial charge >= 0.3 is 5.97 Å². The molecule has 2 aliphatic rings. The summed E-state index contributed by atoms with van der Waals surface area (Å²) in [6.45, 7) is 0.189. The number of carboxylic acid groups (broad SMARTS) is 1. The van der Waals surface area contributed by atoms with Crippen molar-refractivity contribution in [3.05, 3.63) is 23.8 Å². The van der Waals surface area contributed by atoms with Crippen molar-refractivity contribution >= 4 is 5.97 Å². The van der Waals surface area contributed by atoms with E-state index in [0.717, 1.165) is 5.56 Å². The first-order valence-corrected chi connectivity index (χ1v) is 5.56. The summed E-state index contributed by atoms with van der Waals surface area (Å²) in [5, 5.41) is 9.14. The van der Waals surface area contributed by atoms with Gasteiger partial charge in [-0.15, -0.1) is 0 Å². The standard InChI is InChI=1S/C11H13N3O4/c12-10-8(9(11(15)16)13-14-10)5-1-2-6-7(3-5)18-4-17-6/h1-3,8-10,13-14H,4,12H2,(H,15,16). The van der Waals surface area contributed by atoms with Crippen molar-refractivity contribution in [3.8, 4) is 11.5 Å². The number of rotatable bonds is 2. The van der Waals surface area contributed by atoms with Gasteiger partial charge < -0.3 is 20.3 Å². The molecule has 3 unspecified atom stereocenters. The fourth-order valence-electron chi connectivity index (χ4n) is 2.31. The number of ether oxygens (including phenoxy) is 2. The van der Waals surface area contributed by atoms with Gasteiger partial charge in [0.05, 0.1) is 6.17 Å². The molecule has 5 N–H and O–H groups in total. The molecule has 3 rings (SSSR count). The third-order valence-electron chi connectivity index (χ3n) is 3.20. The highest BCUT2D eigenvalue weighted by Crippen LogP contribution is 2.36. The molecule has 0 spiro atoms. The molecule has 1 aromatic carbocycles. The Hall–Kier alpha value is -1.83. The van der Waals surface area contributed by atoms with Crippen LogP contribution in [0.1, 0.15) is 11.5 Å². The van der Waals surface area contributed by atoms with Gasteiger partial charge in [-0.3, -0.25) is 4.79 Å². The van der Waals surface area contributed by atoms with Crippen LogP contribution >= 0.6 is 0 Å². The number of hydrogen-bond acceptors (Lipinski definition) is 6. The van der Waals surface area contributed by atoms with Crippen LogP contribution < -0.4 is 26.1 Å². The molecule has 0 aromatic heterocycles. The summed E-state index contributed by atoms with van der Waals surface area (Å²) in [6.07, 6.45) is -0.466. The molecule has 1 saturated heterocycles. The van der Waals surface area contributed by atoms with E-state index in [9.17, 15) is 4.79 Å². The van der Waals surface area contributed by atoms with E-state index < -0.39 is 18.2 Å². The maximum atomic E-state index is 11.2. The summed E-state index contributed by atoms with van der Waals surface area (Å²) in [5.74, 6) is -0.0241. The van der Waals surface area contributed by atoms with Crippen molar-refractivity contribution in [2.24, 2.45) is 5.73 Å². The van der Waals surface area contributed by atoms with E-state index in [-0.39, 0.29) is 12.7 Å². The summed E-state index contributed by atoms with van der Waals surface area (Å²) in [5.41, 5.74) is 12.1. The third-order valence-corrected chi connectivity index (χ3v) is 3.20. The quantitative estimate of drug-likeness (QED) is 0.553. The predicted molar refractivity (Wildman–Crippen MR) is 61.0 cm³/mol. The largest absolute Gasteiger partial charge is 0.480 e. The lowest BCUT2D eigenvalue weighted by atomic mass is 9.90. The van der Waals surface area contributed by atoms with Crippen LogP contribution in [0.15, 0.2) is 18.2 Å². The van der Waals surface area contributed by atoms with Crippen LogP contribution in [0, 0.1) is 0 Å². The van der Waals surface area contributed by atoms with Crippen molar-refractivity contribution in [2.75, 3.05) is 6.79 Å². The highest BCUT2D eigenvalue weighted by molar-refractivity contribution is 5.75. The zero-order chi connectivity index (χ0) is 12.7. The first-order chi connectivity index (χ1) is 8.66. The molecule has 1 fully saturated rings. The Kier molecular flexibility index (Phi) is 2.58. The van der Waals surface area contributed by atoms with Gasteiger partial charge in [0.15, 0.2) is 11.5 Å². The van der Waals surface area contributed by atoms with Gasteiger partial charge in [-0.1, -0.05) is 6.07 Å². The van der Waals surface area contributed by atoms with E-state index in [1.54, 1.807) is 12.1 Å². The van der Waals surface area contributed by atoms with Crippen LogP contribution in [0.2, 0.25) is 0 Å². The number of hydrogen-bond donors (Lipinski definition) is 4. The molecule has 2 heterocycles. The smallest absolute Gasteiger partial charge is 0.322 e. The van der Waals surface area contributed by atoms with E-state index in [0.29, 0.717) is 11.5 Å². The fourth-order valence-corrected chi connectivity index (χ4v) is 2.31. The Bertz CT molecular complexity index is 493. The van der Waals surface area contributed by atoms with Gasteiger partial charge in [0.1, 0.15) is 6.04 Å². The molecule has 7 nitrogen and oxygen atoms in total. The number of carbonyl (C=O) groups is 1. The third kappa shape index (κ3) is 1.69. The van der Waals surface area contributed by atoms with E-state index in [1.807, 2.05) is 6.07 Å². The first kappa shape index (κ1) is 11.3. The Morgan fingerprint density at radius 3 is 2.89 bits per heavy atom. The topological polar surface area (TPSA) is 106 Å². The minimum absolute atomic E-state index is 0.189. The van der Waals surface area contributed by atoms with Gasteiger partial charge in [0.25, 0.3) is 0 Å². The molecule has 3 atom stereocenters. The molecule has 0 aliphatic carbocycles. The number of nitrogens with one attached hydrogen (secondary N) is 2. The van der Waals surface area contributed by atoms with Crippen LogP contribution in [-0.4, -0.2) is 30.1 Å². The number of benzene rings is 1. The molecule has 2 aliphatic heterocycles. The minimum Gasteiger partial charge on any atom is -0.480 e. The van der Waals surface area contributed by atoms with Crippen LogP contribution in [0.25, 0.3) is 0 Å². The number of fused-ring (bicyclic) bond motifs is 1. The summed E-state index contributed by atoms with van der Waals surface area (Å²) in [6, 6.07) is 4.59. The number of aliphatic carboxylic acids is 1. The Balaban J connectivity index is 1.95. The summed E-state index contributed by atoms with van der Waals surface area (Å²) in [4.78, 5) is 11.2. The lowest BCUT2D eigenvalue weighted by Crippen LogP contribution is -2.39. The van der Waals surface area contributed by atoms with E-state index in [1.165, 1.54) is 0 Å². The number of nitrogens with two attached hydrogens (primary N) is 1. The summed E-state index contributed by atoms with van der Waals surface area (Å²) >= 11 is 0. The SMILES string of the molecule is NC1NNC(C(=O)O)C1c1ccc2c(c1)OCO2. The van der Waals surface area contributed by atoms with Crippen molar-refractivity contribution in [3.63, 3.8) is 0 Å². The highest BCUT2D eigenvalue weighted by atomic mass is 16.7. The van der Waals surface area contributed by atoms with E-state index in [4.69, 9.17) is 20.3 Å². The zero-order valence-corrected chi connectivity index (χ0v) is 9.42. The maximum absolute atomic E-state index is 11.2. The van der Waals surface area contributed by atoms with Crippen molar-refractivity contribution < 1.29 is 19.4 Å². The lowest BCUT2D eigenvalue weighted by Gasteiger charge is -2.18. The second-order valence-electron chi connectivity index (χ2n) is 4.27. The van der Waals surface area contributed by atoms with Crippen molar-refractivity contribution in [1.82, 2.24) is 10.9 Å². The van der Waals surface area contributed by atoms with E-state index >= 15 is 0 Å². The first-order valence-electron chi connectivity index (χ1n) is 5.56. The molecule has 0 bridgehead atoms. The summed E-state index contributed by atoms with van der Waals surface area (Å²) < 4.78 is 10.5. The Labute approximate surface area is 103 Å². The molecular weight excluding hydrogens is 238 g/mol. The average Bonchev–Trinajstić information content (AvgIpc) is 2.93. The van der Waals surface area contributed by atoms with Gasteiger partial charge in [0.2, 0.25) is 6.79 Å². The molecule has 0 saturated carbocycles. The molecule has 0 radical (unpaired) electrons. The van der Waals surface area contributed by atoms with E-state index in [2.05, 4.69) is 10.9 Å². The minimum atomic E-state index is -0.946. The number of carboxylic acids is 1. The second kappa shape index (κ2) is 4.13. The van der Waals surface area contributed by atoms with Crippen molar-refractivity contribution in [2.45, 2.75) is 18.1 Å². The van der Waals surface area contributed by atoms with Gasteiger partial charge in [-0.05, 0) is 17.7 Å². The van der Waals surface area contributed by atoms with Crippen LogP contribution in [-0.2, 0) is 4.79 Å². The van der Waals surface area contributed by atoms with Crippen LogP contribution in [0.3, 0.4) is 0 Å². The van der Waals surface area contributed by atoms with Crippen LogP contribution in [0.5, 0.6) is 11.5 Å². The maximum Gasteiger partial charge on any atom is 0.322 e. The average molecular weight is 251 g/mol. The predicted octanol–water partition coefficient (Wildman–Crippen LogP) is -0.655. The highest BCUT2D eigenvalue weighted by Gasteiger charge is 2.39. The fraction of sp³-hybridized carbons (Fsp3) is 0.364. The lowest BCUT2D eigenvalue weighted by molar-refractivity contribution is -0.139. The molecule has 18 heavy (non-hydrogen) atoms. The van der Waals surface area contributed by atoms with Gasteiger partial charge in [-0.2, -0.15) is 0 Å². The second-order valence-corrected chi connectivity index (χ2v) is 4.27. The zero-order valence-electron chi connectivity index (χ0n) is 9.42. The number of hydrazine groups is 1. The Morgan fingerprint density at radius 2 is 2.11 bits per heavy atom. The van der Waals surface area contributed by atoms with Crippen LogP contribution in [0.4, 0.5) is 0 Å². The molecule has 96 valence electrons. The Morgan fingerprint density at radius 1 is 1.33 bits per heavy atom. The summed E-state index contributed by atoms with van der Waals surface area (Å²) in [7, 11) is 0. The molecule has 1 aromatic rings. The molecular formula is C11H13N3O4.